The van der Waals surface area contributed by atoms with Gasteiger partial charge in [0.25, 0.3) is 0 Å². The van der Waals surface area contributed by atoms with Gasteiger partial charge in [-0.1, -0.05) is 15.9 Å². The van der Waals surface area contributed by atoms with Crippen molar-refractivity contribution in [1.29, 1.82) is 0 Å². The normalized spacial score (nSPS) is 10.5. The van der Waals surface area contributed by atoms with Crippen LogP contribution in [0.25, 0.3) is 0 Å². The first-order valence-electron chi connectivity index (χ1n) is 3.60. The van der Waals surface area contributed by atoms with E-state index in [4.69, 9.17) is 0 Å². The molecule has 5 heteroatoms. The fourth-order valence-corrected chi connectivity index (χ4v) is 1.30. The summed E-state index contributed by atoms with van der Waals surface area (Å²) in [5, 5.41) is 0.400. The van der Waals surface area contributed by atoms with Gasteiger partial charge in [0.15, 0.2) is 0 Å². The lowest BCUT2D eigenvalue weighted by Crippen LogP contribution is -2.05. The van der Waals surface area contributed by atoms with Gasteiger partial charge in [0, 0.05) is 11.0 Å². The van der Waals surface area contributed by atoms with Crippen LogP contribution in [0.15, 0.2) is 12.1 Å². The molecular weight excluding hydrogens is 244 g/mol. The molecular formula is C8H8BrF2NO. The van der Waals surface area contributed by atoms with Crippen LogP contribution in [-0.2, 0) is 5.33 Å². The van der Waals surface area contributed by atoms with E-state index in [-0.39, 0.29) is 5.75 Å². The Morgan fingerprint density at radius 3 is 2.77 bits per heavy atom. The monoisotopic (exact) mass is 251 g/mol. The van der Waals surface area contributed by atoms with E-state index in [1.165, 1.54) is 6.07 Å². The zero-order valence-corrected chi connectivity index (χ0v) is 8.51. The quantitative estimate of drug-likeness (QED) is 0.771. The molecule has 1 aromatic rings. The first-order valence-corrected chi connectivity index (χ1v) is 4.73. The van der Waals surface area contributed by atoms with E-state index in [1.54, 1.807) is 13.0 Å². The molecule has 13 heavy (non-hydrogen) atoms. The fourth-order valence-electron chi connectivity index (χ4n) is 0.897. The summed E-state index contributed by atoms with van der Waals surface area (Å²) in [6.07, 6.45) is 0. The van der Waals surface area contributed by atoms with E-state index in [1.807, 2.05) is 0 Å². The van der Waals surface area contributed by atoms with Crippen LogP contribution >= 0.6 is 15.9 Å². The van der Waals surface area contributed by atoms with Crippen LogP contribution < -0.4 is 4.74 Å². The third-order valence-electron chi connectivity index (χ3n) is 1.41. The second-order valence-corrected chi connectivity index (χ2v) is 2.97. The number of nitrogens with zero attached hydrogens (tertiary/aromatic N) is 1. The van der Waals surface area contributed by atoms with Crippen LogP contribution in [0.1, 0.15) is 11.4 Å². The molecule has 0 aliphatic rings. The molecule has 0 aromatic carbocycles. The van der Waals surface area contributed by atoms with Crippen molar-refractivity contribution in [2.24, 2.45) is 0 Å². The van der Waals surface area contributed by atoms with Crippen molar-refractivity contribution in [2.45, 2.75) is 18.9 Å². The Bertz CT molecular complexity index is 293. The van der Waals surface area contributed by atoms with E-state index in [2.05, 4.69) is 25.7 Å². The topological polar surface area (TPSA) is 22.1 Å². The second kappa shape index (κ2) is 4.50. The van der Waals surface area contributed by atoms with Gasteiger partial charge in [-0.05, 0) is 19.1 Å². The molecule has 0 unspecified atom stereocenters. The fraction of sp³-hybridized carbons (Fsp3) is 0.375. The third-order valence-corrected chi connectivity index (χ3v) is 1.95. The van der Waals surface area contributed by atoms with Crippen molar-refractivity contribution in [3.8, 4) is 5.75 Å². The molecule has 1 aromatic heterocycles. The highest BCUT2D eigenvalue weighted by molar-refractivity contribution is 9.08. The van der Waals surface area contributed by atoms with Crippen LogP contribution in [0.3, 0.4) is 0 Å². The molecule has 0 aliphatic heterocycles. The first-order chi connectivity index (χ1) is 6.13. The summed E-state index contributed by atoms with van der Waals surface area (Å²) >= 11 is 3.15. The lowest BCUT2D eigenvalue weighted by atomic mass is 10.3. The molecule has 0 N–H and O–H groups in total. The van der Waals surface area contributed by atoms with E-state index in [0.29, 0.717) is 11.0 Å². The highest BCUT2D eigenvalue weighted by Gasteiger charge is 2.09. The zero-order valence-electron chi connectivity index (χ0n) is 6.93. The van der Waals surface area contributed by atoms with E-state index < -0.39 is 6.61 Å². The highest BCUT2D eigenvalue weighted by atomic mass is 79.9. The van der Waals surface area contributed by atoms with Gasteiger partial charge in [0.05, 0.1) is 5.69 Å². The number of aryl methyl sites for hydroxylation is 1. The Hall–Kier alpha value is -0.710. The van der Waals surface area contributed by atoms with Gasteiger partial charge in [-0.2, -0.15) is 8.78 Å². The summed E-state index contributed by atoms with van der Waals surface area (Å²) in [5.41, 5.74) is 1.26. The number of hydrogen-bond donors (Lipinski definition) is 0. The molecule has 0 saturated carbocycles. The summed E-state index contributed by atoms with van der Waals surface area (Å²) in [7, 11) is 0. The van der Waals surface area contributed by atoms with Gasteiger partial charge in [-0.25, -0.2) is 0 Å². The first kappa shape index (κ1) is 10.4. The number of ether oxygens (including phenoxy) is 1. The summed E-state index contributed by atoms with van der Waals surface area (Å²) < 4.78 is 28.0. The molecule has 0 aliphatic carbocycles. The number of hydrogen-bond acceptors (Lipinski definition) is 2. The molecule has 0 spiro atoms. The second-order valence-electron chi connectivity index (χ2n) is 2.41. The van der Waals surface area contributed by atoms with Crippen LogP contribution in [0, 0.1) is 6.92 Å². The molecule has 0 saturated heterocycles. The number of halogens is 3. The SMILES string of the molecule is Cc1ccc(OC(F)F)c(CBr)n1. The van der Waals surface area contributed by atoms with Crippen molar-refractivity contribution in [2.75, 3.05) is 0 Å². The minimum absolute atomic E-state index is 0.123. The maximum atomic E-state index is 11.9. The van der Waals surface area contributed by atoms with Gasteiger partial charge >= 0.3 is 6.61 Å². The highest BCUT2D eigenvalue weighted by Crippen LogP contribution is 2.21. The molecule has 0 fully saturated rings. The average Bonchev–Trinajstić information content (AvgIpc) is 2.07. The van der Waals surface area contributed by atoms with Crippen LogP contribution in [0.2, 0.25) is 0 Å². The van der Waals surface area contributed by atoms with Crippen molar-refractivity contribution in [1.82, 2.24) is 4.98 Å². The number of rotatable bonds is 3. The molecule has 2 nitrogen and oxygen atoms in total. The summed E-state index contributed by atoms with van der Waals surface area (Å²) in [5.74, 6) is 0.123. The zero-order chi connectivity index (χ0) is 9.84. The van der Waals surface area contributed by atoms with Crippen LogP contribution in [-0.4, -0.2) is 11.6 Å². The number of aromatic nitrogens is 1. The Balaban J connectivity index is 2.92. The predicted octanol–water partition coefficient (Wildman–Crippen LogP) is 2.89. The Labute approximate surface area is 83.1 Å². The maximum absolute atomic E-state index is 11.9. The summed E-state index contributed by atoms with van der Waals surface area (Å²) in [6, 6.07) is 3.12. The molecule has 1 rings (SSSR count). The lowest BCUT2D eigenvalue weighted by molar-refractivity contribution is -0.0506. The molecule has 0 radical (unpaired) electrons. The van der Waals surface area contributed by atoms with Crippen LogP contribution in [0.5, 0.6) is 5.75 Å². The minimum atomic E-state index is -2.80. The molecule has 0 amide bonds. The molecule has 0 atom stereocenters. The predicted molar refractivity (Wildman–Crippen MR) is 48.2 cm³/mol. The average molecular weight is 252 g/mol. The largest absolute Gasteiger partial charge is 0.433 e. The smallest absolute Gasteiger partial charge is 0.387 e. The van der Waals surface area contributed by atoms with Gasteiger partial charge < -0.3 is 4.74 Å². The van der Waals surface area contributed by atoms with Gasteiger partial charge in [0.1, 0.15) is 5.75 Å². The Kier molecular flexibility index (Phi) is 3.59. The third kappa shape index (κ3) is 2.91. The minimum Gasteiger partial charge on any atom is -0.433 e. The van der Waals surface area contributed by atoms with E-state index >= 15 is 0 Å². The van der Waals surface area contributed by atoms with Gasteiger partial charge in [-0.15, -0.1) is 0 Å². The lowest BCUT2D eigenvalue weighted by Gasteiger charge is -2.08. The summed E-state index contributed by atoms with van der Waals surface area (Å²) in [6.45, 7) is -1.01. The van der Waals surface area contributed by atoms with Crippen molar-refractivity contribution in [3.63, 3.8) is 0 Å². The van der Waals surface area contributed by atoms with Gasteiger partial charge in [-0.3, -0.25) is 4.98 Å². The maximum Gasteiger partial charge on any atom is 0.387 e. The van der Waals surface area contributed by atoms with Crippen molar-refractivity contribution < 1.29 is 13.5 Å². The standard InChI is InChI=1S/C8H8BrF2NO/c1-5-2-3-7(13-8(10)11)6(4-9)12-5/h2-3,8H,4H2,1H3. The molecule has 0 bridgehead atoms. The van der Waals surface area contributed by atoms with E-state index in [0.717, 1.165) is 5.69 Å². The number of pyridine rings is 1. The Morgan fingerprint density at radius 1 is 1.54 bits per heavy atom. The summed E-state index contributed by atoms with van der Waals surface area (Å²) in [4.78, 5) is 4.04. The van der Waals surface area contributed by atoms with Gasteiger partial charge in [0.2, 0.25) is 0 Å². The van der Waals surface area contributed by atoms with E-state index in [9.17, 15) is 8.78 Å². The molecule has 1 heterocycles. The van der Waals surface area contributed by atoms with Crippen LogP contribution in [0.4, 0.5) is 8.78 Å². The van der Waals surface area contributed by atoms with Crippen molar-refractivity contribution >= 4 is 15.9 Å². The van der Waals surface area contributed by atoms with Crippen molar-refractivity contribution in [3.05, 3.63) is 23.5 Å². The number of alkyl halides is 3. The Morgan fingerprint density at radius 2 is 2.23 bits per heavy atom. The molecule has 72 valence electrons.